The van der Waals surface area contributed by atoms with Gasteiger partial charge >= 0.3 is 0 Å². The lowest BCUT2D eigenvalue weighted by Gasteiger charge is -2.32. The molecule has 1 fully saturated rings. The number of imidazole rings is 1. The van der Waals surface area contributed by atoms with Gasteiger partial charge in [-0.2, -0.15) is 0 Å². The molecular weight excluding hydrogens is 437 g/mol. The van der Waals surface area contributed by atoms with Crippen molar-refractivity contribution in [2.45, 2.75) is 58.4 Å². The van der Waals surface area contributed by atoms with Gasteiger partial charge < -0.3 is 19.7 Å². The summed E-state index contributed by atoms with van der Waals surface area (Å²) in [6.45, 7) is 4.15. The fourth-order valence-corrected chi connectivity index (χ4v) is 4.65. The molecule has 2 aromatic heterocycles. The Balaban J connectivity index is 1.67. The summed E-state index contributed by atoms with van der Waals surface area (Å²) >= 11 is 0. The number of rotatable bonds is 7. The summed E-state index contributed by atoms with van der Waals surface area (Å²) in [5.41, 5.74) is 2.02. The first-order chi connectivity index (χ1) is 16.3. The fraction of sp³-hybridized carbons (Fsp3) is 0.520. The lowest BCUT2D eigenvalue weighted by atomic mass is 9.79. The summed E-state index contributed by atoms with van der Waals surface area (Å²) in [6, 6.07) is 2.95. The van der Waals surface area contributed by atoms with Crippen molar-refractivity contribution in [2.75, 3.05) is 14.1 Å². The van der Waals surface area contributed by atoms with E-state index in [2.05, 4.69) is 27.4 Å². The van der Waals surface area contributed by atoms with E-state index in [1.807, 2.05) is 6.92 Å². The summed E-state index contributed by atoms with van der Waals surface area (Å²) < 4.78 is 20.3. The number of nitrogens with one attached hydrogen (secondary N) is 2. The van der Waals surface area contributed by atoms with Gasteiger partial charge in [-0.1, -0.05) is 37.9 Å². The van der Waals surface area contributed by atoms with Crippen LogP contribution in [0.3, 0.4) is 0 Å². The molecule has 2 heterocycles. The Morgan fingerprint density at radius 2 is 2.00 bits per heavy atom. The molecule has 8 nitrogen and oxygen atoms in total. The number of halogens is 1. The number of hydrogen-bond donors (Lipinski definition) is 2. The quantitative estimate of drug-likeness (QED) is 0.540. The molecule has 0 radical (unpaired) electrons. The molecular formula is C25H32FN5O3. The number of nitrogens with zero attached hydrogens (tertiary/aromatic N) is 3. The molecule has 34 heavy (non-hydrogen) atoms. The van der Waals surface area contributed by atoms with E-state index in [4.69, 9.17) is 4.52 Å². The maximum atomic E-state index is 15.3. The number of aromatic amines is 1. The van der Waals surface area contributed by atoms with Crippen molar-refractivity contribution >= 4 is 22.8 Å². The Morgan fingerprint density at radius 3 is 2.68 bits per heavy atom. The van der Waals surface area contributed by atoms with Gasteiger partial charge in [0.25, 0.3) is 5.91 Å². The first kappa shape index (κ1) is 23.9. The zero-order valence-electron chi connectivity index (χ0n) is 20.2. The van der Waals surface area contributed by atoms with Crippen LogP contribution >= 0.6 is 0 Å². The minimum absolute atomic E-state index is 0.0368. The number of likely N-dealkylation sites (N-methyl/N-ethyl adjacent to an activating group) is 1. The van der Waals surface area contributed by atoms with Crippen LogP contribution < -0.4 is 5.32 Å². The Morgan fingerprint density at radius 1 is 1.26 bits per heavy atom. The average molecular weight is 470 g/mol. The van der Waals surface area contributed by atoms with Crippen LogP contribution in [-0.4, -0.2) is 45.9 Å². The number of benzene rings is 1. The van der Waals surface area contributed by atoms with Gasteiger partial charge in [0.05, 0.1) is 23.7 Å². The van der Waals surface area contributed by atoms with Gasteiger partial charge in [-0.3, -0.25) is 9.59 Å². The van der Waals surface area contributed by atoms with Crippen molar-refractivity contribution in [3.8, 4) is 0 Å². The maximum Gasteiger partial charge on any atom is 0.257 e. The van der Waals surface area contributed by atoms with Gasteiger partial charge in [-0.05, 0) is 42.7 Å². The van der Waals surface area contributed by atoms with Crippen LogP contribution in [0.15, 0.2) is 22.9 Å². The van der Waals surface area contributed by atoms with Crippen molar-refractivity contribution in [1.29, 1.82) is 0 Å². The van der Waals surface area contributed by atoms with E-state index in [9.17, 15) is 9.59 Å². The molecule has 1 aromatic carbocycles. The second-order valence-corrected chi connectivity index (χ2v) is 9.52. The van der Waals surface area contributed by atoms with E-state index >= 15 is 4.39 Å². The summed E-state index contributed by atoms with van der Waals surface area (Å²) in [4.78, 5) is 34.5. The third-order valence-electron chi connectivity index (χ3n) is 6.87. The second kappa shape index (κ2) is 9.95. The zero-order chi connectivity index (χ0) is 24.4. The van der Waals surface area contributed by atoms with E-state index in [1.165, 1.54) is 11.2 Å². The van der Waals surface area contributed by atoms with Crippen LogP contribution in [0.4, 0.5) is 4.39 Å². The SMILES string of the molecule is CCc1nocc1C(=O)N[C@H](c1nc2c(F)c(CC(=O)N(C)C)ccc2[nH]1)[C@H]1CC[C@H](C)CC1. The Kier molecular flexibility index (Phi) is 7.00. The van der Waals surface area contributed by atoms with Gasteiger partial charge in [0, 0.05) is 14.1 Å². The number of amides is 2. The Bertz CT molecular complexity index is 1180. The molecule has 1 aliphatic carbocycles. The van der Waals surface area contributed by atoms with E-state index < -0.39 is 11.9 Å². The largest absolute Gasteiger partial charge is 0.364 e. The van der Waals surface area contributed by atoms with Crippen molar-refractivity contribution < 1.29 is 18.5 Å². The van der Waals surface area contributed by atoms with E-state index in [0.717, 1.165) is 25.7 Å². The number of hydrogen-bond acceptors (Lipinski definition) is 5. The summed E-state index contributed by atoms with van der Waals surface area (Å²) in [6.07, 6.45) is 5.92. The molecule has 1 atom stereocenters. The molecule has 1 aliphatic rings. The topological polar surface area (TPSA) is 104 Å². The maximum absolute atomic E-state index is 15.3. The summed E-state index contributed by atoms with van der Waals surface area (Å²) in [7, 11) is 3.28. The first-order valence-corrected chi connectivity index (χ1v) is 11.9. The van der Waals surface area contributed by atoms with Crippen LogP contribution in [0.25, 0.3) is 11.0 Å². The van der Waals surface area contributed by atoms with Gasteiger partial charge in [0.2, 0.25) is 5.91 Å². The summed E-state index contributed by atoms with van der Waals surface area (Å²) in [5, 5.41) is 7.03. The Hall–Kier alpha value is -3.23. The molecule has 2 N–H and O–H groups in total. The standard InChI is InChI=1S/C25H32FN5O3/c1-5-18-17(13-34-30-18)25(33)29-22(15-8-6-14(2)7-9-15)24-27-19-11-10-16(12-20(32)31(3)4)21(26)23(19)28-24/h10-11,13-15,22H,5-9,12H2,1-4H3,(H,27,28)(H,29,33)/t14-,15-,22-/m0/s1. The fourth-order valence-electron chi connectivity index (χ4n) is 4.65. The lowest BCUT2D eigenvalue weighted by molar-refractivity contribution is -0.128. The molecule has 0 spiro atoms. The molecule has 0 aliphatic heterocycles. The van der Waals surface area contributed by atoms with E-state index in [-0.39, 0.29) is 29.7 Å². The molecule has 0 bridgehead atoms. The molecule has 9 heteroatoms. The zero-order valence-corrected chi connectivity index (χ0v) is 20.2. The lowest BCUT2D eigenvalue weighted by Crippen LogP contribution is -2.36. The monoisotopic (exact) mass is 469 g/mol. The predicted molar refractivity (Wildman–Crippen MR) is 126 cm³/mol. The predicted octanol–water partition coefficient (Wildman–Crippen LogP) is 4.18. The van der Waals surface area contributed by atoms with Crippen molar-refractivity contribution in [3.63, 3.8) is 0 Å². The number of H-pyrrole nitrogens is 1. The Labute approximate surface area is 198 Å². The number of aryl methyl sites for hydroxylation is 1. The molecule has 0 unspecified atom stereocenters. The highest BCUT2D eigenvalue weighted by Gasteiger charge is 2.32. The van der Waals surface area contributed by atoms with Crippen LogP contribution in [0.5, 0.6) is 0 Å². The number of carbonyl (C=O) groups excluding carboxylic acids is 2. The van der Waals surface area contributed by atoms with Crippen molar-refractivity contribution in [2.24, 2.45) is 11.8 Å². The number of fused-ring (bicyclic) bond motifs is 1. The second-order valence-electron chi connectivity index (χ2n) is 9.52. The normalized spacial score (nSPS) is 19.2. The molecule has 182 valence electrons. The van der Waals surface area contributed by atoms with Crippen molar-refractivity contribution in [1.82, 2.24) is 25.3 Å². The van der Waals surface area contributed by atoms with Crippen LogP contribution in [0.1, 0.15) is 73.0 Å². The van der Waals surface area contributed by atoms with E-state index in [0.29, 0.717) is 40.5 Å². The smallest absolute Gasteiger partial charge is 0.257 e. The summed E-state index contributed by atoms with van der Waals surface area (Å²) in [5.74, 6) is 0.360. The van der Waals surface area contributed by atoms with Gasteiger partial charge in [0.1, 0.15) is 23.2 Å². The van der Waals surface area contributed by atoms with Crippen LogP contribution in [0, 0.1) is 17.7 Å². The molecule has 3 aromatic rings. The van der Waals surface area contributed by atoms with E-state index in [1.54, 1.807) is 26.2 Å². The molecule has 1 saturated carbocycles. The van der Waals surface area contributed by atoms with Gasteiger partial charge in [-0.25, -0.2) is 9.37 Å². The van der Waals surface area contributed by atoms with Crippen LogP contribution in [-0.2, 0) is 17.6 Å². The molecule has 2 amide bonds. The molecule has 4 rings (SSSR count). The average Bonchev–Trinajstić information content (AvgIpc) is 3.47. The third kappa shape index (κ3) is 4.83. The first-order valence-electron chi connectivity index (χ1n) is 11.9. The minimum Gasteiger partial charge on any atom is -0.364 e. The van der Waals surface area contributed by atoms with Gasteiger partial charge in [-0.15, -0.1) is 0 Å². The van der Waals surface area contributed by atoms with Gasteiger partial charge in [0.15, 0.2) is 5.82 Å². The van der Waals surface area contributed by atoms with Crippen molar-refractivity contribution in [3.05, 3.63) is 46.9 Å². The third-order valence-corrected chi connectivity index (χ3v) is 6.87. The number of aromatic nitrogens is 3. The number of carbonyl (C=O) groups is 2. The molecule has 0 saturated heterocycles. The highest BCUT2D eigenvalue weighted by molar-refractivity contribution is 5.95. The minimum atomic E-state index is -0.509. The highest BCUT2D eigenvalue weighted by atomic mass is 19.1. The van der Waals surface area contributed by atoms with Crippen LogP contribution in [0.2, 0.25) is 0 Å². The highest BCUT2D eigenvalue weighted by Crippen LogP contribution is 2.37.